The highest BCUT2D eigenvalue weighted by Crippen LogP contribution is 2.28. The van der Waals surface area contributed by atoms with Crippen molar-refractivity contribution in [2.24, 2.45) is 0 Å². The van der Waals surface area contributed by atoms with Crippen LogP contribution in [0.4, 0.5) is 0 Å². The van der Waals surface area contributed by atoms with Gasteiger partial charge in [-0.1, -0.05) is 17.7 Å². The molecular weight excluding hydrogens is 356 g/mol. The number of esters is 1. The van der Waals surface area contributed by atoms with Gasteiger partial charge in [-0.3, -0.25) is 0 Å². The number of carbonyl (C=O) groups excluding carboxylic acids is 1. The number of hydrogen-bond donors (Lipinski definition) is 0. The zero-order valence-electron chi connectivity index (χ0n) is 11.7. The molecule has 0 heterocycles. The van der Waals surface area contributed by atoms with E-state index in [1.54, 1.807) is 24.3 Å². The van der Waals surface area contributed by atoms with Gasteiger partial charge in [0, 0.05) is 5.02 Å². The highest BCUT2D eigenvalue weighted by Gasteiger charge is 2.09. The van der Waals surface area contributed by atoms with E-state index >= 15 is 0 Å². The van der Waals surface area contributed by atoms with Crippen molar-refractivity contribution in [2.45, 2.75) is 13.8 Å². The molecule has 5 heteroatoms. The maximum absolute atomic E-state index is 11.8. The van der Waals surface area contributed by atoms with E-state index in [2.05, 4.69) is 15.9 Å². The largest absolute Gasteiger partial charge is 0.481 e. The van der Waals surface area contributed by atoms with E-state index in [1.165, 1.54) is 0 Å². The summed E-state index contributed by atoms with van der Waals surface area (Å²) < 4.78 is 11.3. The van der Waals surface area contributed by atoms with Gasteiger partial charge >= 0.3 is 5.97 Å². The lowest BCUT2D eigenvalue weighted by atomic mass is 10.1. The van der Waals surface area contributed by atoms with E-state index in [-0.39, 0.29) is 6.61 Å². The summed E-state index contributed by atoms with van der Waals surface area (Å²) in [5.41, 5.74) is 2.22. The lowest BCUT2D eigenvalue weighted by Gasteiger charge is -2.09. The topological polar surface area (TPSA) is 35.5 Å². The molecule has 2 aromatic carbocycles. The molecule has 2 rings (SSSR count). The number of benzene rings is 2. The lowest BCUT2D eigenvalue weighted by Crippen LogP contribution is -2.17. The summed E-state index contributed by atoms with van der Waals surface area (Å²) in [5, 5.41) is 0.590. The summed E-state index contributed by atoms with van der Waals surface area (Å²) in [6, 6.07) is 10.6. The molecule has 0 spiro atoms. The van der Waals surface area contributed by atoms with Crippen LogP contribution < -0.4 is 9.47 Å². The van der Waals surface area contributed by atoms with Gasteiger partial charge in [-0.25, -0.2) is 4.79 Å². The highest BCUT2D eigenvalue weighted by atomic mass is 79.9. The number of rotatable bonds is 4. The molecule has 21 heavy (non-hydrogen) atoms. The molecule has 0 saturated carbocycles. The van der Waals surface area contributed by atoms with Crippen molar-refractivity contribution in [2.75, 3.05) is 6.61 Å². The van der Waals surface area contributed by atoms with Crippen LogP contribution in [0.3, 0.4) is 0 Å². The standard InChI is InChI=1S/C16H14BrClO3/c1-10-3-5-13(7-11(10)2)21-16(19)9-20-15-6-4-12(18)8-14(15)17/h3-8H,9H2,1-2H3. The van der Waals surface area contributed by atoms with Crippen LogP contribution in [0, 0.1) is 13.8 Å². The molecule has 2 aromatic rings. The van der Waals surface area contributed by atoms with Crippen LogP contribution in [0.5, 0.6) is 11.5 Å². The summed E-state index contributed by atoms with van der Waals surface area (Å²) in [4.78, 5) is 11.8. The molecular formula is C16H14BrClO3. The van der Waals surface area contributed by atoms with E-state index in [0.717, 1.165) is 11.1 Å². The Hall–Kier alpha value is -1.52. The predicted octanol–water partition coefficient (Wildman–Crippen LogP) is 4.70. The van der Waals surface area contributed by atoms with Crippen LogP contribution in [0.1, 0.15) is 11.1 Å². The first-order valence-electron chi connectivity index (χ1n) is 6.31. The average molecular weight is 370 g/mol. The summed E-state index contributed by atoms with van der Waals surface area (Å²) in [5.74, 6) is 0.596. The van der Waals surface area contributed by atoms with Crippen molar-refractivity contribution < 1.29 is 14.3 Å². The van der Waals surface area contributed by atoms with Crippen molar-refractivity contribution >= 4 is 33.5 Å². The average Bonchev–Trinajstić information content (AvgIpc) is 2.42. The number of aryl methyl sites for hydroxylation is 2. The summed E-state index contributed by atoms with van der Waals surface area (Å²) in [6.07, 6.45) is 0. The van der Waals surface area contributed by atoms with E-state index in [4.69, 9.17) is 21.1 Å². The van der Waals surface area contributed by atoms with E-state index < -0.39 is 5.97 Å². The van der Waals surface area contributed by atoms with E-state index in [9.17, 15) is 4.79 Å². The summed E-state index contributed by atoms with van der Waals surface area (Å²) in [6.45, 7) is 3.79. The fourth-order valence-corrected chi connectivity index (χ4v) is 2.46. The minimum absolute atomic E-state index is 0.173. The Bertz CT molecular complexity index is 671. The van der Waals surface area contributed by atoms with Crippen LogP contribution in [-0.2, 0) is 4.79 Å². The molecule has 0 aliphatic rings. The van der Waals surface area contributed by atoms with Crippen molar-refractivity contribution in [1.29, 1.82) is 0 Å². The van der Waals surface area contributed by atoms with Crippen LogP contribution >= 0.6 is 27.5 Å². The molecule has 0 aromatic heterocycles. The first kappa shape index (κ1) is 15.9. The zero-order valence-corrected chi connectivity index (χ0v) is 14.0. The first-order chi connectivity index (χ1) is 9.95. The fourth-order valence-electron chi connectivity index (χ4n) is 1.67. The second-order valence-corrected chi connectivity index (χ2v) is 5.87. The number of ether oxygens (including phenoxy) is 2. The molecule has 0 saturated heterocycles. The van der Waals surface area contributed by atoms with Gasteiger partial charge in [0.2, 0.25) is 0 Å². The number of halogens is 2. The number of hydrogen-bond acceptors (Lipinski definition) is 3. The molecule has 0 radical (unpaired) electrons. The fraction of sp³-hybridized carbons (Fsp3) is 0.188. The monoisotopic (exact) mass is 368 g/mol. The summed E-state index contributed by atoms with van der Waals surface area (Å²) >= 11 is 9.16. The van der Waals surface area contributed by atoms with Crippen molar-refractivity contribution in [1.82, 2.24) is 0 Å². The van der Waals surface area contributed by atoms with Gasteiger partial charge in [-0.2, -0.15) is 0 Å². The second-order valence-electron chi connectivity index (χ2n) is 4.58. The Labute approximate surface area is 137 Å². The predicted molar refractivity (Wildman–Crippen MR) is 86.2 cm³/mol. The molecule has 0 bridgehead atoms. The van der Waals surface area contributed by atoms with E-state index in [0.29, 0.717) is 21.0 Å². The minimum Gasteiger partial charge on any atom is -0.481 e. The van der Waals surface area contributed by atoms with Gasteiger partial charge in [0.05, 0.1) is 4.47 Å². The van der Waals surface area contributed by atoms with Crippen LogP contribution in [0.25, 0.3) is 0 Å². The van der Waals surface area contributed by atoms with Gasteiger partial charge in [0.25, 0.3) is 0 Å². The van der Waals surface area contributed by atoms with Crippen LogP contribution in [-0.4, -0.2) is 12.6 Å². The Morgan fingerprint density at radius 1 is 1.14 bits per heavy atom. The SMILES string of the molecule is Cc1ccc(OC(=O)COc2ccc(Cl)cc2Br)cc1C. The van der Waals surface area contributed by atoms with Gasteiger partial charge in [-0.05, 0) is 71.2 Å². The van der Waals surface area contributed by atoms with Gasteiger partial charge in [-0.15, -0.1) is 0 Å². The van der Waals surface area contributed by atoms with Crippen LogP contribution in [0.2, 0.25) is 5.02 Å². The number of carbonyl (C=O) groups is 1. The molecule has 0 N–H and O–H groups in total. The van der Waals surface area contributed by atoms with E-state index in [1.807, 2.05) is 26.0 Å². The third-order valence-corrected chi connectivity index (χ3v) is 3.80. The van der Waals surface area contributed by atoms with Crippen molar-refractivity contribution in [3.8, 4) is 11.5 Å². The maximum atomic E-state index is 11.8. The Morgan fingerprint density at radius 3 is 2.57 bits per heavy atom. The van der Waals surface area contributed by atoms with Gasteiger partial charge < -0.3 is 9.47 Å². The molecule has 0 amide bonds. The second kappa shape index (κ2) is 6.96. The minimum atomic E-state index is -0.458. The Morgan fingerprint density at radius 2 is 1.90 bits per heavy atom. The first-order valence-corrected chi connectivity index (χ1v) is 7.48. The van der Waals surface area contributed by atoms with Crippen molar-refractivity contribution in [3.05, 3.63) is 57.0 Å². The van der Waals surface area contributed by atoms with Gasteiger partial charge in [0.1, 0.15) is 11.5 Å². The highest BCUT2D eigenvalue weighted by molar-refractivity contribution is 9.10. The third kappa shape index (κ3) is 4.48. The molecule has 110 valence electrons. The third-order valence-electron chi connectivity index (χ3n) is 2.95. The van der Waals surface area contributed by atoms with Crippen molar-refractivity contribution in [3.63, 3.8) is 0 Å². The molecule has 3 nitrogen and oxygen atoms in total. The maximum Gasteiger partial charge on any atom is 0.349 e. The Kier molecular flexibility index (Phi) is 5.26. The Balaban J connectivity index is 1.94. The van der Waals surface area contributed by atoms with Gasteiger partial charge in [0.15, 0.2) is 6.61 Å². The molecule has 0 aliphatic carbocycles. The molecule has 0 unspecified atom stereocenters. The normalized spacial score (nSPS) is 10.3. The molecule has 0 atom stereocenters. The van der Waals surface area contributed by atoms with Crippen LogP contribution in [0.15, 0.2) is 40.9 Å². The summed E-state index contributed by atoms with van der Waals surface area (Å²) in [7, 11) is 0. The molecule has 0 fully saturated rings. The smallest absolute Gasteiger partial charge is 0.349 e. The quantitative estimate of drug-likeness (QED) is 0.578. The lowest BCUT2D eigenvalue weighted by molar-refractivity contribution is -0.136. The zero-order chi connectivity index (χ0) is 15.4. The molecule has 0 aliphatic heterocycles.